The summed E-state index contributed by atoms with van der Waals surface area (Å²) in [6, 6.07) is 9.29. The summed E-state index contributed by atoms with van der Waals surface area (Å²) in [5.74, 6) is 0. The van der Waals surface area contributed by atoms with E-state index in [1.807, 2.05) is 30.3 Å². The second-order valence-electron chi connectivity index (χ2n) is 3.35. The normalized spacial score (nSPS) is 12.2. The Kier molecular flexibility index (Phi) is 5.11. The van der Waals surface area contributed by atoms with Gasteiger partial charge in [-0.05, 0) is 5.56 Å². The Bertz CT molecular complexity index is 453. The van der Waals surface area contributed by atoms with Crippen LogP contribution in [0.4, 0.5) is 0 Å². The zero-order chi connectivity index (χ0) is 12.7. The van der Waals surface area contributed by atoms with Crippen LogP contribution < -0.4 is 4.83 Å². The molecule has 0 saturated carbocycles. The van der Waals surface area contributed by atoms with Crippen molar-refractivity contribution >= 4 is 16.4 Å². The molecule has 0 bridgehead atoms. The third kappa shape index (κ3) is 4.16. The average molecular weight is 255 g/mol. The van der Waals surface area contributed by atoms with Gasteiger partial charge in [0.1, 0.15) is 0 Å². The lowest BCUT2D eigenvalue weighted by Gasteiger charge is -2.16. The Hall–Kier alpha value is -1.40. The largest absolute Gasteiger partial charge is 0.316 e. The van der Waals surface area contributed by atoms with Gasteiger partial charge in [-0.2, -0.15) is 22.7 Å². The van der Waals surface area contributed by atoms with Gasteiger partial charge in [0.15, 0.2) is 0 Å². The molecule has 1 aromatic rings. The highest BCUT2D eigenvalue weighted by molar-refractivity contribution is 7.87. The molecule has 6 heteroatoms. The molecule has 17 heavy (non-hydrogen) atoms. The molecule has 0 heterocycles. The highest BCUT2D eigenvalue weighted by atomic mass is 32.2. The lowest BCUT2D eigenvalue weighted by molar-refractivity contribution is 0.436. The summed E-state index contributed by atoms with van der Waals surface area (Å²) >= 11 is 0. The molecular weight excluding hydrogens is 238 g/mol. The summed E-state index contributed by atoms with van der Waals surface area (Å²) in [6.07, 6.45) is 1.47. The topological polar surface area (TPSA) is 61.8 Å². The summed E-state index contributed by atoms with van der Waals surface area (Å²) in [4.78, 5) is 2.18. The first-order chi connectivity index (χ1) is 8.10. The van der Waals surface area contributed by atoms with E-state index in [2.05, 4.69) is 9.93 Å². The number of hydrogen-bond donors (Lipinski definition) is 1. The second kappa shape index (κ2) is 6.36. The highest BCUT2D eigenvalue weighted by Crippen LogP contribution is 1.97. The van der Waals surface area contributed by atoms with Gasteiger partial charge in [-0.15, -0.1) is 0 Å². The van der Waals surface area contributed by atoms with E-state index in [1.54, 1.807) is 13.8 Å². The number of hydrogen-bond acceptors (Lipinski definition) is 3. The Morgan fingerprint density at radius 3 is 2.35 bits per heavy atom. The molecule has 94 valence electrons. The Labute approximate surface area is 102 Å². The monoisotopic (exact) mass is 255 g/mol. The molecule has 0 atom stereocenters. The minimum atomic E-state index is -3.51. The van der Waals surface area contributed by atoms with Crippen LogP contribution in [-0.4, -0.2) is 32.0 Å². The van der Waals surface area contributed by atoms with Crippen LogP contribution in [0.3, 0.4) is 0 Å². The van der Waals surface area contributed by atoms with Crippen LogP contribution in [0.1, 0.15) is 19.4 Å². The maximum atomic E-state index is 11.7. The van der Waals surface area contributed by atoms with E-state index < -0.39 is 10.2 Å². The summed E-state index contributed by atoms with van der Waals surface area (Å²) in [5, 5.41) is 3.73. The van der Waals surface area contributed by atoms with Crippen LogP contribution in [0.2, 0.25) is 0 Å². The van der Waals surface area contributed by atoms with Crippen LogP contribution in [0.5, 0.6) is 0 Å². The van der Waals surface area contributed by atoms with Crippen molar-refractivity contribution in [3.05, 3.63) is 35.9 Å². The van der Waals surface area contributed by atoms with Crippen molar-refractivity contribution in [2.24, 2.45) is 5.10 Å². The lowest BCUT2D eigenvalue weighted by Crippen LogP contribution is -2.38. The number of nitrogens with one attached hydrogen (secondary N) is 1. The van der Waals surface area contributed by atoms with Crippen molar-refractivity contribution in [3.8, 4) is 0 Å². The van der Waals surface area contributed by atoms with Gasteiger partial charge in [0.2, 0.25) is 0 Å². The minimum absolute atomic E-state index is 0.423. The van der Waals surface area contributed by atoms with E-state index in [4.69, 9.17) is 0 Å². The molecule has 0 saturated heterocycles. The van der Waals surface area contributed by atoms with Crippen molar-refractivity contribution in [1.82, 2.24) is 9.14 Å². The molecular formula is C11H17N3O2S. The van der Waals surface area contributed by atoms with Gasteiger partial charge in [0.05, 0.1) is 6.21 Å². The summed E-state index contributed by atoms with van der Waals surface area (Å²) < 4.78 is 24.7. The van der Waals surface area contributed by atoms with Crippen molar-refractivity contribution in [3.63, 3.8) is 0 Å². The molecule has 0 spiro atoms. The van der Waals surface area contributed by atoms with Crippen LogP contribution in [-0.2, 0) is 10.2 Å². The number of nitrogens with zero attached hydrogens (tertiary/aromatic N) is 2. The summed E-state index contributed by atoms with van der Waals surface area (Å²) in [7, 11) is -3.51. The highest BCUT2D eigenvalue weighted by Gasteiger charge is 2.16. The van der Waals surface area contributed by atoms with Crippen molar-refractivity contribution < 1.29 is 8.42 Å². The fourth-order valence-electron chi connectivity index (χ4n) is 1.33. The van der Waals surface area contributed by atoms with Gasteiger partial charge in [-0.3, -0.25) is 0 Å². The number of rotatable bonds is 6. The number of hydrazone groups is 1. The quantitative estimate of drug-likeness (QED) is 0.613. The predicted molar refractivity (Wildman–Crippen MR) is 69.0 cm³/mol. The Morgan fingerprint density at radius 2 is 1.82 bits per heavy atom. The zero-order valence-electron chi connectivity index (χ0n) is 10.00. The molecule has 0 aromatic heterocycles. The van der Waals surface area contributed by atoms with Crippen molar-refractivity contribution in [1.29, 1.82) is 0 Å². The van der Waals surface area contributed by atoms with Gasteiger partial charge in [-0.25, -0.2) is 0 Å². The van der Waals surface area contributed by atoms with Gasteiger partial charge < -0.3 is 0 Å². The predicted octanol–water partition coefficient (Wildman–Crippen LogP) is 1.20. The molecule has 1 N–H and O–H groups in total. The smallest absolute Gasteiger partial charge is 0.191 e. The van der Waals surface area contributed by atoms with Crippen LogP contribution >= 0.6 is 0 Å². The second-order valence-corrected chi connectivity index (χ2v) is 5.00. The van der Waals surface area contributed by atoms with E-state index >= 15 is 0 Å². The van der Waals surface area contributed by atoms with E-state index in [1.165, 1.54) is 10.5 Å². The third-order valence-electron chi connectivity index (χ3n) is 2.23. The van der Waals surface area contributed by atoms with Crippen LogP contribution in [0, 0.1) is 0 Å². The van der Waals surface area contributed by atoms with Gasteiger partial charge in [-0.1, -0.05) is 44.2 Å². The maximum Gasteiger partial charge on any atom is 0.316 e. The molecule has 0 aliphatic rings. The van der Waals surface area contributed by atoms with E-state index in [9.17, 15) is 8.42 Å². The molecule has 1 rings (SSSR count). The summed E-state index contributed by atoms with van der Waals surface area (Å²) in [5.41, 5.74) is 0.842. The van der Waals surface area contributed by atoms with Crippen molar-refractivity contribution in [2.45, 2.75) is 13.8 Å². The van der Waals surface area contributed by atoms with Crippen molar-refractivity contribution in [2.75, 3.05) is 13.1 Å². The fraction of sp³-hybridized carbons (Fsp3) is 0.364. The SMILES string of the molecule is CCN(CC)S(=O)(=O)N/N=C/c1ccccc1. The molecule has 0 aliphatic carbocycles. The van der Waals surface area contributed by atoms with E-state index in [0.717, 1.165) is 5.56 Å². The molecule has 5 nitrogen and oxygen atoms in total. The van der Waals surface area contributed by atoms with E-state index in [-0.39, 0.29) is 0 Å². The van der Waals surface area contributed by atoms with Crippen LogP contribution in [0.15, 0.2) is 35.4 Å². The fourth-order valence-corrected chi connectivity index (χ4v) is 2.31. The third-order valence-corrected chi connectivity index (χ3v) is 3.76. The molecule has 1 aromatic carbocycles. The molecule has 0 aliphatic heterocycles. The Balaban J connectivity index is 2.64. The minimum Gasteiger partial charge on any atom is -0.191 e. The maximum absolute atomic E-state index is 11.7. The number of benzene rings is 1. The molecule has 0 fully saturated rings. The molecule has 0 radical (unpaired) electrons. The standard InChI is InChI=1S/C11H17N3O2S/c1-3-14(4-2)17(15,16)13-12-10-11-8-6-5-7-9-11/h5-10,13H,3-4H2,1-2H3/b12-10+. The molecule has 0 unspecified atom stereocenters. The summed E-state index contributed by atoms with van der Waals surface area (Å²) in [6.45, 7) is 4.41. The lowest BCUT2D eigenvalue weighted by atomic mass is 10.2. The first kappa shape index (κ1) is 13.7. The van der Waals surface area contributed by atoms with Gasteiger partial charge >= 0.3 is 10.2 Å². The first-order valence-electron chi connectivity index (χ1n) is 5.45. The zero-order valence-corrected chi connectivity index (χ0v) is 10.8. The Morgan fingerprint density at radius 1 is 1.24 bits per heavy atom. The first-order valence-corrected chi connectivity index (χ1v) is 6.89. The van der Waals surface area contributed by atoms with Gasteiger partial charge in [0, 0.05) is 13.1 Å². The average Bonchev–Trinajstić information content (AvgIpc) is 2.31. The molecule has 0 amide bonds. The van der Waals surface area contributed by atoms with Gasteiger partial charge in [0.25, 0.3) is 0 Å². The van der Waals surface area contributed by atoms with E-state index in [0.29, 0.717) is 13.1 Å². The van der Waals surface area contributed by atoms with Crippen LogP contribution in [0.25, 0.3) is 0 Å².